The molecule has 0 radical (unpaired) electrons. The van der Waals surface area contributed by atoms with E-state index in [0.717, 1.165) is 0 Å². The van der Waals surface area contributed by atoms with Gasteiger partial charge in [-0.15, -0.1) is 0 Å². The van der Waals surface area contributed by atoms with Crippen molar-refractivity contribution in [3.8, 4) is 5.75 Å². The van der Waals surface area contributed by atoms with E-state index in [1.807, 2.05) is 13.8 Å². The van der Waals surface area contributed by atoms with E-state index in [0.29, 0.717) is 30.7 Å². The molecule has 154 valence electrons. The average molecular weight is 392 g/mol. The van der Waals surface area contributed by atoms with Gasteiger partial charge in [-0.1, -0.05) is 0 Å². The van der Waals surface area contributed by atoms with Gasteiger partial charge in [0.15, 0.2) is 6.61 Å². The predicted octanol–water partition coefficient (Wildman–Crippen LogP) is 0.224. The number of benzene rings is 1. The number of hydrogen-bond acceptors (Lipinski definition) is 5. The molecule has 9 heteroatoms. The summed E-state index contributed by atoms with van der Waals surface area (Å²) in [6, 6.07) is 5.45. The van der Waals surface area contributed by atoms with Crippen molar-refractivity contribution < 1.29 is 24.2 Å². The van der Waals surface area contributed by atoms with Crippen molar-refractivity contribution in [1.82, 2.24) is 15.5 Å². The van der Waals surface area contributed by atoms with Crippen molar-refractivity contribution in [1.29, 1.82) is 0 Å². The lowest BCUT2D eigenvalue weighted by Crippen LogP contribution is -2.52. The number of ether oxygens (including phenoxy) is 1. The Kier molecular flexibility index (Phi) is 7.62. The van der Waals surface area contributed by atoms with Crippen molar-refractivity contribution in [3.05, 3.63) is 29.8 Å². The molecule has 0 bridgehead atoms. The summed E-state index contributed by atoms with van der Waals surface area (Å²) in [5, 5.41) is 16.0. The fourth-order valence-electron chi connectivity index (χ4n) is 2.92. The molecule has 0 saturated carbocycles. The summed E-state index contributed by atoms with van der Waals surface area (Å²) in [7, 11) is 0. The Morgan fingerprint density at radius 2 is 1.96 bits per heavy atom. The molecule has 1 aromatic carbocycles. The minimum atomic E-state index is -0.737. The van der Waals surface area contributed by atoms with Crippen LogP contribution in [-0.4, -0.2) is 65.7 Å². The maximum absolute atomic E-state index is 12.5. The lowest BCUT2D eigenvalue weighted by atomic mass is 10.1. The van der Waals surface area contributed by atoms with Gasteiger partial charge in [-0.3, -0.25) is 9.59 Å². The largest absolute Gasteiger partial charge is 0.484 e. The number of nitrogens with two attached hydrogens (primary N) is 1. The first-order chi connectivity index (χ1) is 13.3. The highest BCUT2D eigenvalue weighted by atomic mass is 16.5. The number of aliphatic hydroxyl groups excluding tert-OH is 1. The maximum Gasteiger partial charge on any atom is 0.317 e. The second-order valence-corrected chi connectivity index (χ2v) is 7.12. The molecule has 1 heterocycles. The molecule has 4 amide bonds. The fraction of sp³-hybridized carbons (Fsp3) is 0.526. The van der Waals surface area contributed by atoms with Crippen molar-refractivity contribution in [2.24, 2.45) is 5.73 Å². The monoisotopic (exact) mass is 392 g/mol. The summed E-state index contributed by atoms with van der Waals surface area (Å²) >= 11 is 0. The van der Waals surface area contributed by atoms with E-state index in [-0.39, 0.29) is 31.1 Å². The van der Waals surface area contributed by atoms with Crippen LogP contribution in [-0.2, 0) is 4.79 Å². The van der Waals surface area contributed by atoms with Gasteiger partial charge < -0.3 is 31.1 Å². The number of carbonyl (C=O) groups excluding carboxylic acids is 3. The number of nitrogens with one attached hydrogen (secondary N) is 2. The summed E-state index contributed by atoms with van der Waals surface area (Å²) in [5.74, 6) is -0.534. The average Bonchev–Trinajstić information content (AvgIpc) is 2.81. The molecular weight excluding hydrogens is 364 g/mol. The SMILES string of the molecule is CC(C)NC(=O)N1CCC[C@@H](O)[C@H](NC(=O)c2ccc(OCC(N)=O)cc2)C1. The number of carbonyl (C=O) groups is 3. The van der Waals surface area contributed by atoms with E-state index in [1.54, 1.807) is 29.2 Å². The van der Waals surface area contributed by atoms with Crippen LogP contribution in [0, 0.1) is 0 Å². The third-order valence-electron chi connectivity index (χ3n) is 4.32. The van der Waals surface area contributed by atoms with Crippen LogP contribution in [0.2, 0.25) is 0 Å². The molecule has 5 N–H and O–H groups in total. The third kappa shape index (κ3) is 6.41. The molecule has 1 fully saturated rings. The Bertz CT molecular complexity index is 692. The van der Waals surface area contributed by atoms with Gasteiger partial charge in [-0.2, -0.15) is 0 Å². The van der Waals surface area contributed by atoms with Crippen LogP contribution in [0.3, 0.4) is 0 Å². The van der Waals surface area contributed by atoms with Gasteiger partial charge in [0.25, 0.3) is 11.8 Å². The maximum atomic E-state index is 12.5. The van der Waals surface area contributed by atoms with E-state index in [9.17, 15) is 19.5 Å². The first-order valence-electron chi connectivity index (χ1n) is 9.31. The number of primary amides is 1. The topological polar surface area (TPSA) is 134 Å². The minimum absolute atomic E-state index is 0.00372. The zero-order valence-corrected chi connectivity index (χ0v) is 16.2. The summed E-state index contributed by atoms with van der Waals surface area (Å²) in [6.07, 6.45) is 0.417. The minimum Gasteiger partial charge on any atom is -0.484 e. The number of aliphatic hydroxyl groups is 1. The highest BCUT2D eigenvalue weighted by Gasteiger charge is 2.29. The first-order valence-corrected chi connectivity index (χ1v) is 9.31. The highest BCUT2D eigenvalue weighted by Crippen LogP contribution is 2.15. The van der Waals surface area contributed by atoms with Crippen molar-refractivity contribution in [2.75, 3.05) is 19.7 Å². The van der Waals surface area contributed by atoms with E-state index < -0.39 is 18.1 Å². The smallest absolute Gasteiger partial charge is 0.317 e. The van der Waals surface area contributed by atoms with Crippen LogP contribution >= 0.6 is 0 Å². The Hall–Kier alpha value is -2.81. The molecule has 0 unspecified atom stereocenters. The number of rotatable bonds is 6. The fourth-order valence-corrected chi connectivity index (χ4v) is 2.92. The molecule has 1 aliphatic heterocycles. The molecule has 1 saturated heterocycles. The lowest BCUT2D eigenvalue weighted by molar-refractivity contribution is -0.119. The molecule has 0 aliphatic carbocycles. The van der Waals surface area contributed by atoms with Crippen LogP contribution in [0.25, 0.3) is 0 Å². The standard InChI is InChI=1S/C19H28N4O5/c1-12(2)21-19(27)23-9-3-4-16(24)15(10-23)22-18(26)13-5-7-14(8-6-13)28-11-17(20)25/h5-8,12,15-16,24H,3-4,9-11H2,1-2H3,(H2,20,25)(H,21,27)(H,22,26)/t15-,16-/m1/s1. The van der Waals surface area contributed by atoms with Gasteiger partial charge in [0.05, 0.1) is 12.1 Å². The van der Waals surface area contributed by atoms with Crippen molar-refractivity contribution in [2.45, 2.75) is 44.9 Å². The second-order valence-electron chi connectivity index (χ2n) is 7.12. The Balaban J connectivity index is 1.99. The first kappa shape index (κ1) is 21.5. The lowest BCUT2D eigenvalue weighted by Gasteiger charge is -2.28. The Morgan fingerprint density at radius 1 is 1.29 bits per heavy atom. The van der Waals surface area contributed by atoms with E-state index in [2.05, 4.69) is 10.6 Å². The zero-order valence-electron chi connectivity index (χ0n) is 16.2. The molecule has 9 nitrogen and oxygen atoms in total. The molecule has 2 rings (SSSR count). The third-order valence-corrected chi connectivity index (χ3v) is 4.32. The van der Waals surface area contributed by atoms with E-state index in [4.69, 9.17) is 10.5 Å². The molecule has 1 aliphatic rings. The van der Waals surface area contributed by atoms with Gasteiger partial charge in [0.1, 0.15) is 5.75 Å². The zero-order chi connectivity index (χ0) is 20.7. The number of amides is 4. The molecule has 0 aromatic heterocycles. The molecule has 0 spiro atoms. The van der Waals surface area contributed by atoms with Crippen LogP contribution in [0.5, 0.6) is 5.75 Å². The van der Waals surface area contributed by atoms with Gasteiger partial charge in [0, 0.05) is 24.7 Å². The summed E-state index contributed by atoms with van der Waals surface area (Å²) in [4.78, 5) is 37.2. The quantitative estimate of drug-likeness (QED) is 0.550. The van der Waals surface area contributed by atoms with Crippen LogP contribution in [0.1, 0.15) is 37.0 Å². The molecule has 2 atom stereocenters. The summed E-state index contributed by atoms with van der Waals surface area (Å²) < 4.78 is 5.16. The Morgan fingerprint density at radius 3 is 2.57 bits per heavy atom. The van der Waals surface area contributed by atoms with E-state index >= 15 is 0 Å². The van der Waals surface area contributed by atoms with Crippen LogP contribution in [0.4, 0.5) is 4.79 Å². The molecule has 28 heavy (non-hydrogen) atoms. The van der Waals surface area contributed by atoms with Crippen LogP contribution < -0.4 is 21.1 Å². The van der Waals surface area contributed by atoms with Gasteiger partial charge in [0.2, 0.25) is 0 Å². The van der Waals surface area contributed by atoms with Gasteiger partial charge in [-0.25, -0.2) is 4.79 Å². The Labute approximate surface area is 164 Å². The number of nitrogens with zero attached hydrogens (tertiary/aromatic N) is 1. The van der Waals surface area contributed by atoms with Crippen molar-refractivity contribution >= 4 is 17.8 Å². The van der Waals surface area contributed by atoms with Crippen LogP contribution in [0.15, 0.2) is 24.3 Å². The van der Waals surface area contributed by atoms with E-state index in [1.165, 1.54) is 0 Å². The van der Waals surface area contributed by atoms with Gasteiger partial charge in [-0.05, 0) is 51.0 Å². The van der Waals surface area contributed by atoms with Gasteiger partial charge >= 0.3 is 6.03 Å². The number of likely N-dealkylation sites (tertiary alicyclic amines) is 1. The highest BCUT2D eigenvalue weighted by molar-refractivity contribution is 5.94. The second kappa shape index (κ2) is 9.93. The normalized spacial score (nSPS) is 19.6. The number of urea groups is 1. The summed E-state index contributed by atoms with van der Waals surface area (Å²) in [6.45, 7) is 4.26. The predicted molar refractivity (Wildman–Crippen MR) is 103 cm³/mol. The molecule has 1 aromatic rings. The van der Waals surface area contributed by atoms with Crippen molar-refractivity contribution in [3.63, 3.8) is 0 Å². The number of hydrogen-bond donors (Lipinski definition) is 4. The summed E-state index contributed by atoms with van der Waals surface area (Å²) in [5.41, 5.74) is 5.40. The molecular formula is C19H28N4O5.